The number of carbonyl (C=O) groups excluding carboxylic acids is 1. The van der Waals surface area contributed by atoms with Crippen LogP contribution in [0.25, 0.3) is 0 Å². The van der Waals surface area contributed by atoms with E-state index in [0.29, 0.717) is 12.8 Å². The predicted molar refractivity (Wildman–Crippen MR) is 37.6 cm³/mol. The first-order valence-corrected chi connectivity index (χ1v) is 3.56. The molecule has 3 nitrogen and oxygen atoms in total. The van der Waals surface area contributed by atoms with Gasteiger partial charge in [-0.3, -0.25) is 9.18 Å². The highest BCUT2D eigenvalue weighted by atomic mass is 19.1. The average Bonchev–Trinajstić information content (AvgIpc) is 2.82. The first-order valence-electron chi connectivity index (χ1n) is 3.56. The number of halogens is 1. The topological polar surface area (TPSA) is 52.3 Å². The normalized spacial score (nSPS) is 22.5. The zero-order valence-corrected chi connectivity index (χ0v) is 6.47. The molecule has 0 aromatic carbocycles. The van der Waals surface area contributed by atoms with E-state index >= 15 is 0 Å². The molecule has 4 heteroatoms. The van der Waals surface area contributed by atoms with Crippen molar-refractivity contribution in [1.82, 2.24) is 0 Å². The predicted octanol–water partition coefficient (Wildman–Crippen LogP) is 0.236. The summed E-state index contributed by atoms with van der Waals surface area (Å²) in [7, 11) is 1.26. The van der Waals surface area contributed by atoms with Gasteiger partial charge in [-0.2, -0.15) is 0 Å². The van der Waals surface area contributed by atoms with Gasteiger partial charge in [0.15, 0.2) is 0 Å². The average molecular weight is 161 g/mol. The van der Waals surface area contributed by atoms with Crippen LogP contribution in [-0.4, -0.2) is 25.8 Å². The molecule has 1 saturated carbocycles. The third kappa shape index (κ3) is 1.35. The summed E-state index contributed by atoms with van der Waals surface area (Å²) in [6.07, 6.45) is 1.39. The molecule has 0 spiro atoms. The van der Waals surface area contributed by atoms with Crippen LogP contribution in [-0.2, 0) is 9.53 Å². The van der Waals surface area contributed by atoms with E-state index in [1.54, 1.807) is 0 Å². The smallest absolute Gasteiger partial charge is 0.323 e. The third-order valence-corrected chi connectivity index (χ3v) is 2.27. The number of alkyl halides is 1. The molecule has 0 aliphatic heterocycles. The summed E-state index contributed by atoms with van der Waals surface area (Å²) in [5.41, 5.74) is 4.87. The molecule has 1 atom stereocenters. The zero-order valence-electron chi connectivity index (χ0n) is 6.47. The van der Waals surface area contributed by atoms with Crippen LogP contribution >= 0.6 is 0 Å². The number of carbonyl (C=O) groups is 1. The Morgan fingerprint density at radius 2 is 2.36 bits per heavy atom. The monoisotopic (exact) mass is 161 g/mol. The van der Waals surface area contributed by atoms with E-state index in [9.17, 15) is 9.18 Å². The molecule has 0 saturated heterocycles. The Labute approximate surface area is 64.7 Å². The second-order valence-electron chi connectivity index (χ2n) is 3.00. The fourth-order valence-electron chi connectivity index (χ4n) is 1.07. The zero-order chi connectivity index (χ0) is 8.48. The maximum atomic E-state index is 12.3. The lowest BCUT2D eigenvalue weighted by atomic mass is 9.99. The van der Waals surface area contributed by atoms with Gasteiger partial charge < -0.3 is 10.5 Å². The molecule has 1 rings (SSSR count). The maximum absolute atomic E-state index is 12.3. The molecule has 0 amide bonds. The minimum Gasteiger partial charge on any atom is -0.468 e. The Balaban J connectivity index is 2.53. The molecule has 0 heterocycles. The van der Waals surface area contributed by atoms with Crippen LogP contribution in [0.2, 0.25) is 0 Å². The molecule has 11 heavy (non-hydrogen) atoms. The van der Waals surface area contributed by atoms with Crippen molar-refractivity contribution in [2.45, 2.75) is 18.9 Å². The van der Waals surface area contributed by atoms with Crippen LogP contribution < -0.4 is 5.73 Å². The van der Waals surface area contributed by atoms with Gasteiger partial charge in [-0.05, 0) is 12.8 Å². The highest BCUT2D eigenvalue weighted by molar-refractivity contribution is 5.77. The first-order chi connectivity index (χ1) is 5.16. The summed E-state index contributed by atoms with van der Waals surface area (Å²) in [4.78, 5) is 10.8. The van der Waals surface area contributed by atoms with Crippen molar-refractivity contribution in [3.05, 3.63) is 0 Å². The molecule has 1 fully saturated rings. The number of hydrogen-bond donors (Lipinski definition) is 1. The Morgan fingerprint density at radius 3 is 2.64 bits per heavy atom. The van der Waals surface area contributed by atoms with Crippen LogP contribution in [0.3, 0.4) is 0 Å². The largest absolute Gasteiger partial charge is 0.468 e. The Bertz CT molecular complexity index is 168. The van der Waals surface area contributed by atoms with Crippen molar-refractivity contribution < 1.29 is 13.9 Å². The second-order valence-corrected chi connectivity index (χ2v) is 3.00. The van der Waals surface area contributed by atoms with Crippen molar-refractivity contribution in [2.75, 3.05) is 13.8 Å². The van der Waals surface area contributed by atoms with E-state index in [0.717, 1.165) is 0 Å². The molecule has 0 bridgehead atoms. The molecule has 2 N–H and O–H groups in total. The molecule has 1 unspecified atom stereocenters. The summed E-state index contributed by atoms with van der Waals surface area (Å²) in [6.45, 7) is -0.525. The maximum Gasteiger partial charge on any atom is 0.323 e. The number of ether oxygens (including phenoxy) is 1. The van der Waals surface area contributed by atoms with Crippen molar-refractivity contribution in [2.24, 2.45) is 11.1 Å². The van der Waals surface area contributed by atoms with Gasteiger partial charge in [-0.1, -0.05) is 0 Å². The molecular formula is C7H12FNO2. The highest BCUT2D eigenvalue weighted by Crippen LogP contribution is 2.48. The van der Waals surface area contributed by atoms with Gasteiger partial charge >= 0.3 is 5.97 Å². The van der Waals surface area contributed by atoms with Gasteiger partial charge in [0.1, 0.15) is 6.04 Å². The van der Waals surface area contributed by atoms with Gasteiger partial charge in [-0.15, -0.1) is 0 Å². The molecule has 64 valence electrons. The minimum atomic E-state index is -0.780. The molecule has 0 radical (unpaired) electrons. The Morgan fingerprint density at radius 1 is 1.82 bits per heavy atom. The van der Waals surface area contributed by atoms with E-state index in [2.05, 4.69) is 4.74 Å². The standard InChI is InChI=1S/C7H12FNO2/c1-11-6(10)5(9)7(4-8)2-3-7/h5H,2-4,9H2,1H3. The Hall–Kier alpha value is -0.640. The van der Waals surface area contributed by atoms with Crippen LogP contribution in [0.4, 0.5) is 4.39 Å². The van der Waals surface area contributed by atoms with Crippen LogP contribution in [0, 0.1) is 5.41 Å². The van der Waals surface area contributed by atoms with Gasteiger partial charge in [0.05, 0.1) is 13.8 Å². The highest BCUT2D eigenvalue weighted by Gasteiger charge is 2.51. The fourth-order valence-corrected chi connectivity index (χ4v) is 1.07. The number of rotatable bonds is 3. The van der Waals surface area contributed by atoms with E-state index in [1.165, 1.54) is 7.11 Å². The molecule has 0 aromatic heterocycles. The van der Waals surface area contributed by atoms with Crippen LogP contribution in [0.15, 0.2) is 0 Å². The van der Waals surface area contributed by atoms with Crippen molar-refractivity contribution in [1.29, 1.82) is 0 Å². The summed E-state index contributed by atoms with van der Waals surface area (Å²) >= 11 is 0. The van der Waals surface area contributed by atoms with E-state index < -0.39 is 24.1 Å². The van der Waals surface area contributed by atoms with Gasteiger partial charge in [0.2, 0.25) is 0 Å². The number of hydrogen-bond acceptors (Lipinski definition) is 3. The number of methoxy groups -OCH3 is 1. The van der Waals surface area contributed by atoms with E-state index in [1.807, 2.05) is 0 Å². The molecular weight excluding hydrogens is 149 g/mol. The van der Waals surface area contributed by atoms with Crippen molar-refractivity contribution in [3.63, 3.8) is 0 Å². The number of esters is 1. The summed E-state index contributed by atoms with van der Waals surface area (Å²) < 4.78 is 16.7. The molecule has 0 aromatic rings. The SMILES string of the molecule is COC(=O)C(N)C1(CF)CC1. The van der Waals surface area contributed by atoms with E-state index in [-0.39, 0.29) is 0 Å². The quantitative estimate of drug-likeness (QED) is 0.603. The first kappa shape index (κ1) is 8.46. The summed E-state index contributed by atoms with van der Waals surface area (Å²) in [6, 6.07) is -0.780. The summed E-state index contributed by atoms with van der Waals surface area (Å²) in [5, 5.41) is 0. The molecule has 1 aliphatic rings. The lowest BCUT2D eigenvalue weighted by Gasteiger charge is -2.16. The molecule has 1 aliphatic carbocycles. The second kappa shape index (κ2) is 2.77. The third-order valence-electron chi connectivity index (χ3n) is 2.27. The van der Waals surface area contributed by atoms with Gasteiger partial charge in [0, 0.05) is 5.41 Å². The lowest BCUT2D eigenvalue weighted by Crippen LogP contribution is -2.41. The lowest BCUT2D eigenvalue weighted by molar-refractivity contribution is -0.144. The van der Waals surface area contributed by atoms with Gasteiger partial charge in [-0.25, -0.2) is 0 Å². The minimum absolute atomic E-state index is 0.514. The Kier molecular flexibility index (Phi) is 2.13. The van der Waals surface area contributed by atoms with Crippen molar-refractivity contribution >= 4 is 5.97 Å². The van der Waals surface area contributed by atoms with Gasteiger partial charge in [0.25, 0.3) is 0 Å². The summed E-state index contributed by atoms with van der Waals surface area (Å²) in [5.74, 6) is -0.514. The van der Waals surface area contributed by atoms with E-state index in [4.69, 9.17) is 5.73 Å². The van der Waals surface area contributed by atoms with Crippen LogP contribution in [0.1, 0.15) is 12.8 Å². The number of nitrogens with two attached hydrogens (primary N) is 1. The van der Waals surface area contributed by atoms with Crippen LogP contribution in [0.5, 0.6) is 0 Å². The fraction of sp³-hybridized carbons (Fsp3) is 0.857. The van der Waals surface area contributed by atoms with Crippen molar-refractivity contribution in [3.8, 4) is 0 Å².